The van der Waals surface area contributed by atoms with E-state index in [2.05, 4.69) is 15.3 Å². The molecule has 0 spiro atoms. The molecule has 1 aliphatic heterocycles. The summed E-state index contributed by atoms with van der Waals surface area (Å²) in [6.07, 6.45) is 0.796. The van der Waals surface area contributed by atoms with Crippen LogP contribution in [-0.2, 0) is 23.5 Å². The van der Waals surface area contributed by atoms with Gasteiger partial charge in [-0.2, -0.15) is 0 Å². The molecule has 3 rings (SSSR count). The summed E-state index contributed by atoms with van der Waals surface area (Å²) >= 11 is 1.41. The fourth-order valence-electron chi connectivity index (χ4n) is 2.26. The highest BCUT2D eigenvalue weighted by Crippen LogP contribution is 2.27. The first kappa shape index (κ1) is 14.3. The van der Waals surface area contributed by atoms with Gasteiger partial charge < -0.3 is 10.1 Å². The second-order valence-corrected chi connectivity index (χ2v) is 5.70. The molecule has 0 radical (unpaired) electrons. The third-order valence-corrected chi connectivity index (χ3v) is 4.34. The van der Waals surface area contributed by atoms with E-state index in [0.717, 1.165) is 23.5 Å². The molecule has 110 valence electrons. The Hall–Kier alpha value is -1.66. The van der Waals surface area contributed by atoms with Crippen molar-refractivity contribution in [2.24, 2.45) is 0 Å². The fourth-order valence-corrected chi connectivity index (χ4v) is 3.05. The van der Waals surface area contributed by atoms with Gasteiger partial charge in [0.25, 0.3) is 0 Å². The molecule has 0 bridgehead atoms. The molecule has 0 saturated carbocycles. The molecule has 1 aromatic heterocycles. The molecule has 0 amide bonds. The average Bonchev–Trinajstić information content (AvgIpc) is 2.53. The van der Waals surface area contributed by atoms with E-state index < -0.39 is 0 Å². The standard InChI is InChI=1S/C15H16FN3OS/c1-17-15-10-8-20-7-6-12(10)18-14(19-15)9-21-13-5-3-2-4-11(13)16/h2-5H,6-9H2,1H3,(H,17,18,19). The van der Waals surface area contributed by atoms with Gasteiger partial charge in [0.05, 0.1) is 24.7 Å². The van der Waals surface area contributed by atoms with Crippen molar-refractivity contribution in [3.05, 3.63) is 47.2 Å². The molecule has 0 saturated heterocycles. The van der Waals surface area contributed by atoms with Crippen LogP contribution in [0.2, 0.25) is 0 Å². The van der Waals surface area contributed by atoms with Gasteiger partial charge in [0.1, 0.15) is 17.5 Å². The topological polar surface area (TPSA) is 47.0 Å². The van der Waals surface area contributed by atoms with E-state index in [4.69, 9.17) is 4.74 Å². The molecule has 4 nitrogen and oxygen atoms in total. The Bertz CT molecular complexity index is 634. The molecule has 6 heteroatoms. The first-order chi connectivity index (χ1) is 10.3. The number of benzene rings is 1. The lowest BCUT2D eigenvalue weighted by atomic mass is 10.1. The smallest absolute Gasteiger partial charge is 0.141 e. The summed E-state index contributed by atoms with van der Waals surface area (Å²) in [7, 11) is 1.84. The highest BCUT2D eigenvalue weighted by molar-refractivity contribution is 7.98. The number of halogens is 1. The van der Waals surface area contributed by atoms with Gasteiger partial charge in [-0.05, 0) is 12.1 Å². The van der Waals surface area contributed by atoms with Crippen molar-refractivity contribution in [2.45, 2.75) is 23.7 Å². The lowest BCUT2D eigenvalue weighted by Gasteiger charge is -2.19. The zero-order valence-electron chi connectivity index (χ0n) is 11.7. The predicted octanol–water partition coefficient (Wildman–Crippen LogP) is 3.02. The fraction of sp³-hybridized carbons (Fsp3) is 0.333. The molecule has 1 aliphatic rings. The normalized spacial score (nSPS) is 13.8. The Kier molecular flexibility index (Phi) is 4.36. The van der Waals surface area contributed by atoms with Crippen molar-refractivity contribution in [1.29, 1.82) is 0 Å². The second kappa shape index (κ2) is 6.41. The maximum absolute atomic E-state index is 13.6. The van der Waals surface area contributed by atoms with Gasteiger partial charge in [-0.25, -0.2) is 14.4 Å². The maximum Gasteiger partial charge on any atom is 0.141 e. The third kappa shape index (κ3) is 3.16. The van der Waals surface area contributed by atoms with Gasteiger partial charge in [-0.1, -0.05) is 12.1 Å². The van der Waals surface area contributed by atoms with Crippen molar-refractivity contribution >= 4 is 17.6 Å². The third-order valence-electron chi connectivity index (χ3n) is 3.30. The molecular formula is C15H16FN3OS. The Morgan fingerprint density at radius 1 is 1.33 bits per heavy atom. The molecule has 0 aliphatic carbocycles. The summed E-state index contributed by atoms with van der Waals surface area (Å²) < 4.78 is 19.1. The Morgan fingerprint density at radius 2 is 2.19 bits per heavy atom. The summed E-state index contributed by atoms with van der Waals surface area (Å²) in [5.74, 6) is 1.86. The Morgan fingerprint density at radius 3 is 3.00 bits per heavy atom. The zero-order valence-corrected chi connectivity index (χ0v) is 12.5. The second-order valence-electron chi connectivity index (χ2n) is 4.69. The minimum absolute atomic E-state index is 0.206. The predicted molar refractivity (Wildman–Crippen MR) is 80.9 cm³/mol. The molecule has 0 fully saturated rings. The molecule has 0 atom stereocenters. The molecule has 1 N–H and O–H groups in total. The van der Waals surface area contributed by atoms with E-state index in [9.17, 15) is 4.39 Å². The van der Waals surface area contributed by atoms with Crippen molar-refractivity contribution < 1.29 is 9.13 Å². The molecule has 1 aromatic carbocycles. The van der Waals surface area contributed by atoms with Gasteiger partial charge in [-0.3, -0.25) is 0 Å². The molecule has 2 heterocycles. The number of nitrogens with zero attached hydrogens (tertiary/aromatic N) is 2. The van der Waals surface area contributed by atoms with E-state index in [1.807, 2.05) is 13.1 Å². The number of ether oxygens (including phenoxy) is 1. The van der Waals surface area contributed by atoms with Crippen LogP contribution >= 0.6 is 11.8 Å². The summed E-state index contributed by atoms with van der Waals surface area (Å²) in [5, 5.41) is 3.09. The van der Waals surface area contributed by atoms with Crippen molar-refractivity contribution in [1.82, 2.24) is 9.97 Å². The Balaban J connectivity index is 1.81. The van der Waals surface area contributed by atoms with Gasteiger partial charge in [-0.15, -0.1) is 11.8 Å². The summed E-state index contributed by atoms with van der Waals surface area (Å²) in [5.41, 5.74) is 2.06. The monoisotopic (exact) mass is 305 g/mol. The van der Waals surface area contributed by atoms with Crippen LogP contribution in [0.1, 0.15) is 17.1 Å². The Labute approximate surface area is 127 Å². The van der Waals surface area contributed by atoms with E-state index in [0.29, 0.717) is 29.7 Å². The number of anilines is 1. The maximum atomic E-state index is 13.6. The van der Waals surface area contributed by atoms with Gasteiger partial charge >= 0.3 is 0 Å². The number of nitrogens with one attached hydrogen (secondary N) is 1. The quantitative estimate of drug-likeness (QED) is 0.880. The van der Waals surface area contributed by atoms with E-state index >= 15 is 0 Å². The minimum Gasteiger partial charge on any atom is -0.376 e. The van der Waals surface area contributed by atoms with Crippen LogP contribution in [0.5, 0.6) is 0 Å². The van der Waals surface area contributed by atoms with Crippen molar-refractivity contribution in [2.75, 3.05) is 19.0 Å². The number of rotatable bonds is 4. The lowest BCUT2D eigenvalue weighted by Crippen LogP contribution is -2.16. The SMILES string of the molecule is CNc1nc(CSc2ccccc2F)nc2c1COCC2. The summed E-state index contributed by atoms with van der Waals surface area (Å²) in [6.45, 7) is 1.24. The highest BCUT2D eigenvalue weighted by atomic mass is 32.2. The van der Waals surface area contributed by atoms with Crippen LogP contribution in [0.3, 0.4) is 0 Å². The van der Waals surface area contributed by atoms with Gasteiger partial charge in [0.2, 0.25) is 0 Å². The molecule has 0 unspecified atom stereocenters. The first-order valence-electron chi connectivity index (χ1n) is 6.79. The van der Waals surface area contributed by atoms with E-state index in [-0.39, 0.29) is 5.82 Å². The van der Waals surface area contributed by atoms with Crippen LogP contribution in [-0.4, -0.2) is 23.6 Å². The lowest BCUT2D eigenvalue weighted by molar-refractivity contribution is 0.109. The minimum atomic E-state index is -0.206. The summed E-state index contributed by atoms with van der Waals surface area (Å²) in [4.78, 5) is 9.71. The van der Waals surface area contributed by atoms with Crippen molar-refractivity contribution in [3.8, 4) is 0 Å². The van der Waals surface area contributed by atoms with Crippen LogP contribution in [0.4, 0.5) is 10.2 Å². The number of thioether (sulfide) groups is 1. The average molecular weight is 305 g/mol. The van der Waals surface area contributed by atoms with Gasteiger partial charge in [0.15, 0.2) is 0 Å². The molecular weight excluding hydrogens is 289 g/mol. The molecule has 2 aromatic rings. The highest BCUT2D eigenvalue weighted by Gasteiger charge is 2.17. The largest absolute Gasteiger partial charge is 0.376 e. The van der Waals surface area contributed by atoms with Gasteiger partial charge in [0, 0.05) is 23.9 Å². The number of hydrogen-bond acceptors (Lipinski definition) is 5. The summed E-state index contributed by atoms with van der Waals surface area (Å²) in [6, 6.07) is 6.75. The first-order valence-corrected chi connectivity index (χ1v) is 7.78. The number of aromatic nitrogens is 2. The van der Waals surface area contributed by atoms with Crippen molar-refractivity contribution in [3.63, 3.8) is 0 Å². The van der Waals surface area contributed by atoms with E-state index in [1.54, 1.807) is 12.1 Å². The van der Waals surface area contributed by atoms with Crippen LogP contribution in [0, 0.1) is 5.82 Å². The molecule has 21 heavy (non-hydrogen) atoms. The van der Waals surface area contributed by atoms with Crippen LogP contribution < -0.4 is 5.32 Å². The number of hydrogen-bond donors (Lipinski definition) is 1. The van der Waals surface area contributed by atoms with Crippen LogP contribution in [0.15, 0.2) is 29.2 Å². The van der Waals surface area contributed by atoms with Crippen LogP contribution in [0.25, 0.3) is 0 Å². The zero-order chi connectivity index (χ0) is 14.7. The number of fused-ring (bicyclic) bond motifs is 1. The van der Waals surface area contributed by atoms with E-state index in [1.165, 1.54) is 17.8 Å².